The molecule has 0 aromatic heterocycles. The van der Waals surface area contributed by atoms with Crippen LogP contribution in [0.2, 0.25) is 19.6 Å². The largest absolute Gasteiger partial charge is 0.284 e. The van der Waals surface area contributed by atoms with Crippen LogP contribution >= 0.6 is 0 Å². The normalized spacial score (nSPS) is 41.1. The van der Waals surface area contributed by atoms with E-state index in [0.717, 1.165) is 23.7 Å². The van der Waals surface area contributed by atoms with Gasteiger partial charge in [-0.3, -0.25) is 4.66 Å². The lowest BCUT2D eigenvalue weighted by Crippen LogP contribution is -2.40. The molecule has 0 radical (unpaired) electrons. The van der Waals surface area contributed by atoms with Gasteiger partial charge in [-0.05, 0) is 86.9 Å². The van der Waals surface area contributed by atoms with Crippen molar-refractivity contribution in [2.24, 2.45) is 28.3 Å². The first-order chi connectivity index (χ1) is 7.51. The summed E-state index contributed by atoms with van der Waals surface area (Å²) in [5.74, 6) is 7.36. The molecule has 4 aliphatic carbocycles. The van der Waals surface area contributed by atoms with Crippen LogP contribution in [-0.2, 0) is 0 Å². The molecule has 0 aliphatic heterocycles. The van der Waals surface area contributed by atoms with E-state index >= 15 is 0 Å². The molecule has 4 bridgehead atoms. The minimum Gasteiger partial charge on any atom is -0.284 e. The predicted molar refractivity (Wildman–Crippen MR) is 71.3 cm³/mol. The van der Waals surface area contributed by atoms with Crippen molar-refractivity contribution in [2.75, 3.05) is 0 Å². The maximum absolute atomic E-state index is 4.75. The van der Waals surface area contributed by atoms with E-state index in [-0.39, 0.29) is 0 Å². The highest BCUT2D eigenvalue weighted by molar-refractivity contribution is 6.75. The molecule has 4 fully saturated rings. The molecule has 0 atom stereocenters. The van der Waals surface area contributed by atoms with E-state index < -0.39 is 8.24 Å². The zero-order chi connectivity index (χ0) is 11.3. The van der Waals surface area contributed by atoms with Crippen molar-refractivity contribution < 1.29 is 0 Å². The van der Waals surface area contributed by atoms with Crippen LogP contribution in [0.1, 0.15) is 32.1 Å². The second kappa shape index (κ2) is 3.58. The number of hydrogen-bond acceptors (Lipinski definition) is 1. The van der Waals surface area contributed by atoms with Crippen molar-refractivity contribution >= 4 is 14.1 Å². The average molecular weight is 233 g/mol. The fourth-order valence-electron chi connectivity index (χ4n) is 4.11. The van der Waals surface area contributed by atoms with Gasteiger partial charge in [0.2, 0.25) is 0 Å². The first-order valence-electron chi connectivity index (χ1n) is 6.86. The maximum atomic E-state index is 4.75. The van der Waals surface area contributed by atoms with Gasteiger partial charge in [-0.2, -0.15) is 0 Å². The second-order valence-electron chi connectivity index (χ2n) is 7.15. The van der Waals surface area contributed by atoms with Crippen LogP contribution in [0.25, 0.3) is 0 Å². The summed E-state index contributed by atoms with van der Waals surface area (Å²) in [6, 6.07) is 0. The number of nitrogens with zero attached hydrogens (tertiary/aromatic N) is 1. The molecule has 0 aromatic rings. The molecule has 88 valence electrons. The molecular weight excluding hydrogens is 210 g/mol. The van der Waals surface area contributed by atoms with Crippen molar-refractivity contribution in [2.45, 2.75) is 51.7 Å². The molecule has 0 N–H and O–H groups in total. The van der Waals surface area contributed by atoms with E-state index in [1.807, 2.05) is 0 Å². The van der Waals surface area contributed by atoms with Crippen LogP contribution in [0.5, 0.6) is 0 Å². The summed E-state index contributed by atoms with van der Waals surface area (Å²) in [5.41, 5.74) is 1.62. The Hall–Kier alpha value is -0.333. The van der Waals surface area contributed by atoms with Crippen LogP contribution in [0, 0.1) is 23.7 Å². The molecule has 4 aliphatic rings. The van der Waals surface area contributed by atoms with Gasteiger partial charge in [-0.25, -0.2) is 0 Å². The Morgan fingerprint density at radius 2 is 1.44 bits per heavy atom. The zero-order valence-corrected chi connectivity index (χ0v) is 11.8. The monoisotopic (exact) mass is 233 g/mol. The predicted octanol–water partition coefficient (Wildman–Crippen LogP) is 3.87. The van der Waals surface area contributed by atoms with Gasteiger partial charge in [0, 0.05) is 0 Å². The number of hydrogen-bond donors (Lipinski definition) is 0. The fourth-order valence-corrected chi connectivity index (χ4v) is 4.57. The number of rotatable bonds is 1. The fraction of sp³-hybridized carbons (Fsp3) is 0.857. The molecule has 0 heterocycles. The first kappa shape index (κ1) is 10.8. The Balaban J connectivity index is 1.90. The highest BCUT2D eigenvalue weighted by Crippen LogP contribution is 2.55. The highest BCUT2D eigenvalue weighted by atomic mass is 28.3. The van der Waals surface area contributed by atoms with Crippen LogP contribution < -0.4 is 0 Å². The van der Waals surface area contributed by atoms with Crippen molar-refractivity contribution in [3.05, 3.63) is 5.57 Å². The zero-order valence-electron chi connectivity index (χ0n) is 10.8. The molecule has 4 rings (SSSR count). The molecule has 0 amide bonds. The van der Waals surface area contributed by atoms with Gasteiger partial charge in [0.05, 0.1) is 0 Å². The van der Waals surface area contributed by atoms with Gasteiger partial charge in [-0.15, -0.1) is 0 Å². The second-order valence-corrected chi connectivity index (χ2v) is 11.7. The van der Waals surface area contributed by atoms with E-state index in [2.05, 4.69) is 25.5 Å². The molecule has 0 unspecified atom stereocenters. The van der Waals surface area contributed by atoms with Gasteiger partial charge >= 0.3 is 0 Å². The first-order valence-corrected chi connectivity index (χ1v) is 10.3. The molecule has 1 nitrogen and oxygen atoms in total. The molecule has 16 heavy (non-hydrogen) atoms. The van der Waals surface area contributed by atoms with Gasteiger partial charge in [0.15, 0.2) is 8.24 Å². The Kier molecular flexibility index (Phi) is 2.42. The quantitative estimate of drug-likeness (QED) is 0.481. The smallest absolute Gasteiger partial charge is 0.184 e. The SMILES string of the molecule is C[Si](C)(C)N=C=C1C2CC3CC(C2)CC1C3. The molecule has 0 aromatic carbocycles. The lowest BCUT2D eigenvalue weighted by molar-refractivity contribution is 0.0719. The van der Waals surface area contributed by atoms with E-state index in [1.165, 1.54) is 32.1 Å². The standard InChI is InChI=1S/C14H23NSi/c1-16(2,3)15-9-14-12-5-10-4-11(7-12)8-13(14)6-10/h10-13H,4-8H2,1-3H3. The topological polar surface area (TPSA) is 12.4 Å². The van der Waals surface area contributed by atoms with Crippen LogP contribution in [-0.4, -0.2) is 14.1 Å². The van der Waals surface area contributed by atoms with E-state index in [1.54, 1.807) is 5.57 Å². The summed E-state index contributed by atoms with van der Waals surface area (Å²) in [5, 5.41) is 0. The third-order valence-corrected chi connectivity index (χ3v) is 5.32. The Morgan fingerprint density at radius 1 is 0.938 bits per heavy atom. The summed E-state index contributed by atoms with van der Waals surface area (Å²) in [7, 11) is -1.30. The molecule has 4 saturated carbocycles. The van der Waals surface area contributed by atoms with Crippen LogP contribution in [0.15, 0.2) is 10.2 Å². The van der Waals surface area contributed by atoms with Crippen LogP contribution in [0.3, 0.4) is 0 Å². The van der Waals surface area contributed by atoms with Gasteiger partial charge < -0.3 is 0 Å². The Morgan fingerprint density at radius 3 is 1.88 bits per heavy atom. The van der Waals surface area contributed by atoms with Crippen molar-refractivity contribution in [3.8, 4) is 0 Å². The summed E-state index contributed by atoms with van der Waals surface area (Å²) >= 11 is 0. The van der Waals surface area contributed by atoms with Gasteiger partial charge in [0.25, 0.3) is 0 Å². The molecule has 2 heteroatoms. The average Bonchev–Trinajstić information content (AvgIpc) is 2.13. The van der Waals surface area contributed by atoms with E-state index in [9.17, 15) is 0 Å². The summed E-state index contributed by atoms with van der Waals surface area (Å²) < 4.78 is 4.75. The van der Waals surface area contributed by atoms with E-state index in [0.29, 0.717) is 0 Å². The minimum absolute atomic E-state index is 0.872. The summed E-state index contributed by atoms with van der Waals surface area (Å²) in [6.45, 7) is 6.91. The third kappa shape index (κ3) is 1.93. The number of allylic oxidation sites excluding steroid dienone is 1. The van der Waals surface area contributed by atoms with Crippen molar-refractivity contribution in [1.82, 2.24) is 0 Å². The van der Waals surface area contributed by atoms with Crippen molar-refractivity contribution in [1.29, 1.82) is 0 Å². The lowest BCUT2D eigenvalue weighted by atomic mass is 9.54. The summed E-state index contributed by atoms with van der Waals surface area (Å²) in [4.78, 5) is 0. The van der Waals surface area contributed by atoms with Crippen LogP contribution in [0.4, 0.5) is 0 Å². The molecule has 0 spiro atoms. The Bertz CT molecular complexity index is 327. The van der Waals surface area contributed by atoms with Gasteiger partial charge in [0.1, 0.15) is 0 Å². The minimum atomic E-state index is -1.30. The maximum Gasteiger partial charge on any atom is 0.184 e. The molecule has 0 saturated heterocycles. The lowest BCUT2D eigenvalue weighted by Gasteiger charge is -2.50. The van der Waals surface area contributed by atoms with Crippen molar-refractivity contribution in [3.63, 3.8) is 0 Å². The third-order valence-electron chi connectivity index (χ3n) is 4.54. The van der Waals surface area contributed by atoms with E-state index in [4.69, 9.17) is 4.66 Å². The molecular formula is C14H23NSi. The highest BCUT2D eigenvalue weighted by Gasteiger charge is 2.45. The Labute approximate surface area is 100 Å². The summed E-state index contributed by atoms with van der Waals surface area (Å²) in [6.07, 6.45) is 7.35. The van der Waals surface area contributed by atoms with Gasteiger partial charge in [-0.1, -0.05) is 0 Å².